The van der Waals surface area contributed by atoms with E-state index in [1.165, 1.54) is 88.0 Å². The number of benzene rings is 7. The summed E-state index contributed by atoms with van der Waals surface area (Å²) < 4.78 is 0. The van der Waals surface area contributed by atoms with Crippen LogP contribution >= 0.6 is 0 Å². The Bertz CT molecular complexity index is 2240. The van der Waals surface area contributed by atoms with Crippen molar-refractivity contribution >= 4 is 44.5 Å². The van der Waals surface area contributed by atoms with Gasteiger partial charge in [-0.15, -0.1) is 0 Å². The molecule has 0 fully saturated rings. The normalized spacial score (nSPS) is 12.9. The molecule has 210 valence electrons. The van der Waals surface area contributed by atoms with Gasteiger partial charge in [-0.1, -0.05) is 127 Å². The average molecular weight is 563 g/mol. The van der Waals surface area contributed by atoms with Crippen molar-refractivity contribution in [3.8, 4) is 33.4 Å². The van der Waals surface area contributed by atoms with E-state index in [-0.39, 0.29) is 0 Å². The lowest BCUT2D eigenvalue weighted by Crippen LogP contribution is -1.98. The molecule has 1 aliphatic carbocycles. The van der Waals surface area contributed by atoms with Gasteiger partial charge in [-0.2, -0.15) is 0 Å². The van der Waals surface area contributed by atoms with E-state index in [4.69, 9.17) is 0 Å². The molecule has 8 rings (SSSR count). The molecule has 1 aliphatic rings. The van der Waals surface area contributed by atoms with Crippen LogP contribution in [0, 0.1) is 6.92 Å². The van der Waals surface area contributed by atoms with Crippen molar-refractivity contribution in [1.82, 2.24) is 0 Å². The first-order valence-corrected chi connectivity index (χ1v) is 15.7. The summed E-state index contributed by atoms with van der Waals surface area (Å²) in [5, 5.41) is 7.71. The lowest BCUT2D eigenvalue weighted by molar-refractivity contribution is 0.987. The molecular weight excluding hydrogens is 528 g/mol. The lowest BCUT2D eigenvalue weighted by Gasteiger charge is -2.21. The lowest BCUT2D eigenvalue weighted by atomic mass is 9.82. The Hall–Kier alpha value is -5.20. The Morgan fingerprint density at radius 3 is 1.93 bits per heavy atom. The standard InChI is InChI=1S/C44H34/c1-3-11-32-26-33(21-20-29(32)2)34-24-22-30-23-25-35(28-36(30)27-34)43-39-15-6-8-17-41(39)44(42-18-9-7-16-40(42)43)38-19-10-13-31-12-4-5-14-37(31)38/h3,5-11,13-28H,4,12H2,1-2H3/b11-3-. The molecule has 7 aromatic rings. The third kappa shape index (κ3) is 4.38. The van der Waals surface area contributed by atoms with Gasteiger partial charge in [0, 0.05) is 0 Å². The summed E-state index contributed by atoms with van der Waals surface area (Å²) >= 11 is 0. The van der Waals surface area contributed by atoms with Gasteiger partial charge < -0.3 is 0 Å². The van der Waals surface area contributed by atoms with Crippen LogP contribution in [0.15, 0.2) is 133 Å². The van der Waals surface area contributed by atoms with E-state index in [1.807, 2.05) is 0 Å². The molecule has 0 N–H and O–H groups in total. The van der Waals surface area contributed by atoms with Crippen molar-refractivity contribution < 1.29 is 0 Å². The Balaban J connectivity index is 1.37. The van der Waals surface area contributed by atoms with E-state index in [2.05, 4.69) is 159 Å². The van der Waals surface area contributed by atoms with Gasteiger partial charge in [0.2, 0.25) is 0 Å². The largest absolute Gasteiger partial charge is 0.0871 e. The number of fused-ring (bicyclic) bond motifs is 4. The first-order chi connectivity index (χ1) is 21.7. The van der Waals surface area contributed by atoms with Crippen molar-refractivity contribution in [2.75, 3.05) is 0 Å². The SMILES string of the molecule is C/C=C\c1cc(-c2ccc3ccc(-c4c5ccccc5c(-c5cccc6c5C=CCC6)c5ccccc45)cc3c2)ccc1C. The van der Waals surface area contributed by atoms with Gasteiger partial charge in [0.15, 0.2) is 0 Å². The number of rotatable bonds is 4. The second-order valence-corrected chi connectivity index (χ2v) is 12.0. The Morgan fingerprint density at radius 2 is 1.20 bits per heavy atom. The Kier molecular flexibility index (Phi) is 6.50. The quantitative estimate of drug-likeness (QED) is 0.187. The predicted octanol–water partition coefficient (Wildman–Crippen LogP) is 12.4. The van der Waals surface area contributed by atoms with Gasteiger partial charge in [-0.05, 0) is 133 Å². The maximum Gasteiger partial charge on any atom is -0.00203 e. The zero-order valence-corrected chi connectivity index (χ0v) is 25.3. The number of aryl methyl sites for hydroxylation is 2. The maximum atomic E-state index is 2.39. The van der Waals surface area contributed by atoms with E-state index in [0.29, 0.717) is 0 Å². The number of hydrogen-bond acceptors (Lipinski definition) is 0. The molecule has 0 saturated heterocycles. The summed E-state index contributed by atoms with van der Waals surface area (Å²) in [6.45, 7) is 4.25. The highest BCUT2D eigenvalue weighted by molar-refractivity contribution is 6.22. The maximum absolute atomic E-state index is 2.39. The molecule has 0 atom stereocenters. The minimum Gasteiger partial charge on any atom is -0.0871 e. The molecule has 0 radical (unpaired) electrons. The van der Waals surface area contributed by atoms with Crippen molar-refractivity contribution in [3.63, 3.8) is 0 Å². The van der Waals surface area contributed by atoms with Crippen LogP contribution in [-0.4, -0.2) is 0 Å². The molecule has 0 aromatic heterocycles. The summed E-state index contributed by atoms with van der Waals surface area (Å²) in [4.78, 5) is 0. The highest BCUT2D eigenvalue weighted by Crippen LogP contribution is 2.46. The topological polar surface area (TPSA) is 0 Å². The molecule has 0 aliphatic heterocycles. The van der Waals surface area contributed by atoms with Gasteiger partial charge >= 0.3 is 0 Å². The van der Waals surface area contributed by atoms with Crippen LogP contribution in [-0.2, 0) is 6.42 Å². The van der Waals surface area contributed by atoms with Crippen molar-refractivity contribution in [2.45, 2.75) is 26.7 Å². The molecule has 0 bridgehead atoms. The Labute approximate surface area is 259 Å². The molecule has 0 heteroatoms. The summed E-state index contributed by atoms with van der Waals surface area (Å²) in [5.74, 6) is 0. The van der Waals surface area contributed by atoms with Gasteiger partial charge in [0.1, 0.15) is 0 Å². The van der Waals surface area contributed by atoms with Gasteiger partial charge in [0.25, 0.3) is 0 Å². The van der Waals surface area contributed by atoms with Gasteiger partial charge in [-0.25, -0.2) is 0 Å². The van der Waals surface area contributed by atoms with Crippen LogP contribution in [0.3, 0.4) is 0 Å². The van der Waals surface area contributed by atoms with Crippen LogP contribution < -0.4 is 0 Å². The molecule has 0 amide bonds. The number of hydrogen-bond donors (Lipinski definition) is 0. The average Bonchev–Trinajstić information content (AvgIpc) is 3.07. The molecule has 7 aromatic carbocycles. The number of allylic oxidation sites excluding steroid dienone is 2. The van der Waals surface area contributed by atoms with E-state index < -0.39 is 0 Å². The molecule has 0 nitrogen and oxygen atoms in total. The summed E-state index contributed by atoms with van der Waals surface area (Å²) in [5.41, 5.74) is 13.1. The summed E-state index contributed by atoms with van der Waals surface area (Å²) in [7, 11) is 0. The highest BCUT2D eigenvalue weighted by atomic mass is 14.2. The van der Waals surface area contributed by atoms with E-state index in [0.717, 1.165) is 12.8 Å². The minimum atomic E-state index is 1.10. The second-order valence-electron chi connectivity index (χ2n) is 12.0. The molecule has 0 heterocycles. The van der Waals surface area contributed by atoms with Crippen molar-refractivity contribution in [2.24, 2.45) is 0 Å². The minimum absolute atomic E-state index is 1.10. The van der Waals surface area contributed by atoms with Gasteiger partial charge in [0.05, 0.1) is 0 Å². The molecule has 0 saturated carbocycles. The molecule has 44 heavy (non-hydrogen) atoms. The monoisotopic (exact) mass is 562 g/mol. The second kappa shape index (κ2) is 10.8. The summed E-state index contributed by atoms with van der Waals surface area (Å²) in [6.07, 6.45) is 11.2. The fourth-order valence-electron chi connectivity index (χ4n) is 7.18. The molecular formula is C44H34. The molecule has 0 spiro atoms. The predicted molar refractivity (Wildman–Crippen MR) is 192 cm³/mol. The smallest absolute Gasteiger partial charge is 0.00203 e. The van der Waals surface area contributed by atoms with Crippen LogP contribution in [0.1, 0.15) is 35.6 Å². The zero-order chi connectivity index (χ0) is 29.6. The van der Waals surface area contributed by atoms with E-state index in [1.54, 1.807) is 0 Å². The zero-order valence-electron chi connectivity index (χ0n) is 25.3. The summed E-state index contributed by atoms with van der Waals surface area (Å²) in [6, 6.07) is 45.4. The van der Waals surface area contributed by atoms with E-state index >= 15 is 0 Å². The van der Waals surface area contributed by atoms with Crippen LogP contribution in [0.5, 0.6) is 0 Å². The third-order valence-electron chi connectivity index (χ3n) is 9.35. The molecule has 0 unspecified atom stereocenters. The Morgan fingerprint density at radius 1 is 0.568 bits per heavy atom. The van der Waals surface area contributed by atoms with Crippen molar-refractivity contribution in [1.29, 1.82) is 0 Å². The van der Waals surface area contributed by atoms with Gasteiger partial charge in [-0.3, -0.25) is 0 Å². The van der Waals surface area contributed by atoms with Crippen LogP contribution in [0.4, 0.5) is 0 Å². The van der Waals surface area contributed by atoms with Crippen LogP contribution in [0.2, 0.25) is 0 Å². The van der Waals surface area contributed by atoms with Crippen LogP contribution in [0.25, 0.3) is 77.9 Å². The van der Waals surface area contributed by atoms with E-state index in [9.17, 15) is 0 Å². The first-order valence-electron chi connectivity index (χ1n) is 15.7. The highest BCUT2D eigenvalue weighted by Gasteiger charge is 2.19. The van der Waals surface area contributed by atoms with Crippen molar-refractivity contribution in [3.05, 3.63) is 156 Å². The third-order valence-corrected chi connectivity index (χ3v) is 9.35. The first kappa shape index (κ1) is 26.4. The fourth-order valence-corrected chi connectivity index (χ4v) is 7.18. The fraction of sp³-hybridized carbons (Fsp3) is 0.0909.